The van der Waals surface area contributed by atoms with Crippen molar-refractivity contribution in [3.8, 4) is 0 Å². The molecule has 4 nitrogen and oxygen atoms in total. The zero-order valence-electron chi connectivity index (χ0n) is 6.41. The van der Waals surface area contributed by atoms with Crippen LogP contribution in [-0.2, 0) is 0 Å². The number of hydrogen-bond acceptors (Lipinski definition) is 2. The van der Waals surface area contributed by atoms with Gasteiger partial charge in [-0.15, -0.1) is 0 Å². The van der Waals surface area contributed by atoms with E-state index in [1.54, 1.807) is 6.07 Å². The molecule has 1 aromatic heterocycles. The molecule has 0 aliphatic rings. The van der Waals surface area contributed by atoms with E-state index in [0.717, 1.165) is 0 Å². The number of benzene rings is 1. The Kier molecular flexibility index (Phi) is 1.70. The Labute approximate surface area is 78.2 Å². The third-order valence-corrected chi connectivity index (χ3v) is 1.94. The van der Waals surface area contributed by atoms with Gasteiger partial charge in [0.15, 0.2) is 0 Å². The largest absolute Gasteiger partial charge is 0.478 e. The van der Waals surface area contributed by atoms with Crippen LogP contribution in [0.15, 0.2) is 18.5 Å². The van der Waals surface area contributed by atoms with Crippen molar-refractivity contribution in [2.75, 3.05) is 0 Å². The van der Waals surface area contributed by atoms with Crippen molar-refractivity contribution in [2.45, 2.75) is 0 Å². The predicted octanol–water partition coefficient (Wildman–Crippen LogP) is 1.91. The standard InChI is InChI=1S/C8H5ClN2O2/c9-4-1-5(8(12)13)7-6(2-4)10-3-11-7/h1-3H,(H,10,11)(H,12,13). The maximum absolute atomic E-state index is 10.8. The van der Waals surface area contributed by atoms with Gasteiger partial charge >= 0.3 is 5.97 Å². The summed E-state index contributed by atoms with van der Waals surface area (Å²) < 4.78 is 0. The van der Waals surface area contributed by atoms with E-state index in [4.69, 9.17) is 16.7 Å². The summed E-state index contributed by atoms with van der Waals surface area (Å²) in [5.74, 6) is -1.02. The number of halogens is 1. The highest BCUT2D eigenvalue weighted by Crippen LogP contribution is 2.20. The first-order valence-corrected chi connectivity index (χ1v) is 3.92. The number of aromatic amines is 1. The Morgan fingerprint density at radius 1 is 1.54 bits per heavy atom. The molecule has 5 heteroatoms. The molecule has 0 saturated heterocycles. The van der Waals surface area contributed by atoms with Crippen LogP contribution in [0, 0.1) is 0 Å². The molecular weight excluding hydrogens is 192 g/mol. The first-order chi connectivity index (χ1) is 6.18. The number of carboxylic acid groups (broad SMARTS) is 1. The first kappa shape index (κ1) is 8.07. The van der Waals surface area contributed by atoms with Crippen LogP contribution in [0.1, 0.15) is 10.4 Å². The number of aromatic nitrogens is 2. The average Bonchev–Trinajstić information content (AvgIpc) is 2.49. The van der Waals surface area contributed by atoms with E-state index in [1.165, 1.54) is 12.4 Å². The zero-order valence-corrected chi connectivity index (χ0v) is 7.17. The van der Waals surface area contributed by atoms with Crippen LogP contribution in [0.4, 0.5) is 0 Å². The molecule has 2 N–H and O–H groups in total. The highest BCUT2D eigenvalue weighted by atomic mass is 35.5. The van der Waals surface area contributed by atoms with Crippen LogP contribution in [0.3, 0.4) is 0 Å². The van der Waals surface area contributed by atoms with E-state index in [1.807, 2.05) is 0 Å². The number of imidazole rings is 1. The lowest BCUT2D eigenvalue weighted by Gasteiger charge is -1.96. The van der Waals surface area contributed by atoms with Gasteiger partial charge in [-0.3, -0.25) is 0 Å². The number of nitrogens with zero attached hydrogens (tertiary/aromatic N) is 1. The molecule has 0 radical (unpaired) electrons. The maximum Gasteiger partial charge on any atom is 0.337 e. The second-order valence-corrected chi connectivity index (χ2v) is 2.99. The first-order valence-electron chi connectivity index (χ1n) is 3.54. The van der Waals surface area contributed by atoms with Crippen LogP contribution >= 0.6 is 11.6 Å². The SMILES string of the molecule is O=C(O)c1cc(Cl)cc2nc[nH]c12. The average molecular weight is 197 g/mol. The Balaban J connectivity index is 2.84. The van der Waals surface area contributed by atoms with Gasteiger partial charge < -0.3 is 10.1 Å². The Hall–Kier alpha value is -1.55. The molecule has 0 atom stereocenters. The van der Waals surface area contributed by atoms with Crippen molar-refractivity contribution in [3.63, 3.8) is 0 Å². The number of carboxylic acids is 1. The number of nitrogens with one attached hydrogen (secondary N) is 1. The van der Waals surface area contributed by atoms with Gasteiger partial charge in [0.25, 0.3) is 0 Å². The van der Waals surface area contributed by atoms with E-state index < -0.39 is 5.97 Å². The van der Waals surface area contributed by atoms with Crippen LogP contribution in [0.5, 0.6) is 0 Å². The molecule has 0 bridgehead atoms. The Bertz CT molecular complexity index is 478. The lowest BCUT2D eigenvalue weighted by atomic mass is 10.2. The monoisotopic (exact) mass is 196 g/mol. The van der Waals surface area contributed by atoms with Crippen molar-refractivity contribution >= 4 is 28.6 Å². The van der Waals surface area contributed by atoms with Crippen LogP contribution in [0.25, 0.3) is 11.0 Å². The van der Waals surface area contributed by atoms with Gasteiger partial charge in [0, 0.05) is 5.02 Å². The molecule has 1 aromatic carbocycles. The molecular formula is C8H5ClN2O2. The third kappa shape index (κ3) is 1.25. The number of hydrogen-bond donors (Lipinski definition) is 2. The van der Waals surface area contributed by atoms with Gasteiger partial charge in [-0.1, -0.05) is 11.6 Å². The van der Waals surface area contributed by atoms with E-state index in [9.17, 15) is 4.79 Å². The number of aromatic carboxylic acids is 1. The molecule has 1 heterocycles. The van der Waals surface area contributed by atoms with E-state index >= 15 is 0 Å². The van der Waals surface area contributed by atoms with Crippen molar-refractivity contribution < 1.29 is 9.90 Å². The summed E-state index contributed by atoms with van der Waals surface area (Å²) in [4.78, 5) is 17.4. The molecule has 0 unspecified atom stereocenters. The fourth-order valence-corrected chi connectivity index (χ4v) is 1.39. The summed E-state index contributed by atoms with van der Waals surface area (Å²) >= 11 is 5.71. The van der Waals surface area contributed by atoms with Gasteiger partial charge in [0.05, 0.1) is 22.9 Å². The molecule has 66 valence electrons. The highest BCUT2D eigenvalue weighted by molar-refractivity contribution is 6.31. The zero-order chi connectivity index (χ0) is 9.42. The summed E-state index contributed by atoms with van der Waals surface area (Å²) in [7, 11) is 0. The number of fused-ring (bicyclic) bond motifs is 1. The van der Waals surface area contributed by atoms with E-state index in [0.29, 0.717) is 16.1 Å². The molecule has 2 rings (SSSR count). The predicted molar refractivity (Wildman–Crippen MR) is 48.1 cm³/mol. The molecule has 0 saturated carbocycles. The van der Waals surface area contributed by atoms with Crippen molar-refractivity contribution in [1.29, 1.82) is 0 Å². The fourth-order valence-electron chi connectivity index (χ4n) is 1.18. The molecule has 2 aromatic rings. The summed E-state index contributed by atoms with van der Waals surface area (Å²) in [6.07, 6.45) is 1.44. The van der Waals surface area contributed by atoms with Gasteiger partial charge in [0.1, 0.15) is 0 Å². The lowest BCUT2D eigenvalue weighted by Crippen LogP contribution is -1.97. The minimum atomic E-state index is -1.02. The second kappa shape index (κ2) is 2.74. The quantitative estimate of drug-likeness (QED) is 0.732. The third-order valence-electron chi connectivity index (χ3n) is 1.73. The molecule has 13 heavy (non-hydrogen) atoms. The molecule has 0 aliphatic carbocycles. The van der Waals surface area contributed by atoms with Gasteiger partial charge in [0.2, 0.25) is 0 Å². The number of H-pyrrole nitrogens is 1. The van der Waals surface area contributed by atoms with Crippen LogP contribution < -0.4 is 0 Å². The lowest BCUT2D eigenvalue weighted by molar-refractivity contribution is 0.0699. The smallest absolute Gasteiger partial charge is 0.337 e. The fraction of sp³-hybridized carbons (Fsp3) is 0. The normalized spacial score (nSPS) is 10.5. The van der Waals surface area contributed by atoms with Crippen molar-refractivity contribution in [1.82, 2.24) is 9.97 Å². The van der Waals surface area contributed by atoms with Gasteiger partial charge in [-0.2, -0.15) is 0 Å². The Morgan fingerprint density at radius 2 is 2.31 bits per heavy atom. The van der Waals surface area contributed by atoms with Crippen molar-refractivity contribution in [3.05, 3.63) is 29.0 Å². The summed E-state index contributed by atoms with van der Waals surface area (Å²) in [6.45, 7) is 0. The van der Waals surface area contributed by atoms with Crippen molar-refractivity contribution in [2.24, 2.45) is 0 Å². The van der Waals surface area contributed by atoms with E-state index in [-0.39, 0.29) is 5.56 Å². The maximum atomic E-state index is 10.8. The second-order valence-electron chi connectivity index (χ2n) is 2.56. The molecule has 0 aliphatic heterocycles. The van der Waals surface area contributed by atoms with Crippen LogP contribution in [-0.4, -0.2) is 21.0 Å². The topological polar surface area (TPSA) is 66.0 Å². The Morgan fingerprint density at radius 3 is 3.00 bits per heavy atom. The number of rotatable bonds is 1. The summed E-state index contributed by atoms with van der Waals surface area (Å²) in [5.41, 5.74) is 1.20. The highest BCUT2D eigenvalue weighted by Gasteiger charge is 2.11. The molecule has 0 amide bonds. The number of carbonyl (C=O) groups is 1. The van der Waals surface area contributed by atoms with Gasteiger partial charge in [-0.05, 0) is 12.1 Å². The summed E-state index contributed by atoms with van der Waals surface area (Å²) in [5, 5.41) is 9.19. The van der Waals surface area contributed by atoms with E-state index in [2.05, 4.69) is 9.97 Å². The minimum Gasteiger partial charge on any atom is -0.478 e. The van der Waals surface area contributed by atoms with Crippen LogP contribution in [0.2, 0.25) is 5.02 Å². The summed E-state index contributed by atoms with van der Waals surface area (Å²) in [6, 6.07) is 3.00. The molecule has 0 fully saturated rings. The minimum absolute atomic E-state index is 0.139. The van der Waals surface area contributed by atoms with Gasteiger partial charge in [-0.25, -0.2) is 9.78 Å². The molecule has 0 spiro atoms.